The van der Waals surface area contributed by atoms with Gasteiger partial charge in [0.1, 0.15) is 6.04 Å². The van der Waals surface area contributed by atoms with Crippen molar-refractivity contribution in [1.82, 2.24) is 16.0 Å². The molecular weight excluding hydrogens is 395 g/mol. The number of carboxylic acid groups (broad SMARTS) is 1. The van der Waals surface area contributed by atoms with Crippen molar-refractivity contribution in [2.45, 2.75) is 32.4 Å². The van der Waals surface area contributed by atoms with Gasteiger partial charge in [0.05, 0.1) is 12.0 Å². The van der Waals surface area contributed by atoms with Crippen molar-refractivity contribution in [1.29, 1.82) is 0 Å². The monoisotopic (exact) mass is 420 g/mol. The first-order valence-electron chi connectivity index (χ1n) is 6.67. The average Bonchev–Trinajstić information content (AvgIpc) is 2.79. The standard InChI is InChI=1S/C6H12N2O3S.C6H10N2O2S.CH4.K/c1-12-3-2-4(5(9)10)8-6(7)11;1-11-3-2-4-5(9)8-6(10)7-4;;/h4H,2-3H2,1H3,(H,9,10)(H3,7,8,11);4H,2-3H2,1H3,(H2,7,8,9,10);1H4;/q;;;+1/p-1. The number of carboxylic acids is 1. The topological polar surface area (TPSA) is 153 Å². The van der Waals surface area contributed by atoms with Gasteiger partial charge in [0, 0.05) is 0 Å². The van der Waals surface area contributed by atoms with E-state index in [9.17, 15) is 24.3 Å². The van der Waals surface area contributed by atoms with Gasteiger partial charge in [-0.2, -0.15) is 23.5 Å². The van der Waals surface area contributed by atoms with E-state index in [-0.39, 0.29) is 76.8 Å². The predicted octanol–water partition coefficient (Wildman–Crippen LogP) is -3.89. The molecule has 1 fully saturated rings. The molecule has 2 unspecified atom stereocenters. The summed E-state index contributed by atoms with van der Waals surface area (Å²) >= 11 is 3.15. The minimum atomic E-state index is -1.30. The molecule has 0 aromatic heterocycles. The molecule has 1 aliphatic rings. The predicted molar refractivity (Wildman–Crippen MR) is 94.7 cm³/mol. The fourth-order valence-electron chi connectivity index (χ4n) is 1.55. The molecule has 5 amide bonds. The zero-order valence-corrected chi connectivity index (χ0v) is 18.7. The largest absolute Gasteiger partial charge is 1.00 e. The number of carbonyl (C=O) groups excluding carboxylic acids is 4. The second-order valence-electron chi connectivity index (χ2n) is 4.46. The van der Waals surface area contributed by atoms with Crippen LogP contribution in [0.5, 0.6) is 0 Å². The van der Waals surface area contributed by atoms with Crippen molar-refractivity contribution in [3.8, 4) is 0 Å². The number of hydrogen-bond donors (Lipinski definition) is 4. The molecular formula is C13H25KN4O5S2. The first-order chi connectivity index (χ1) is 10.8. The summed E-state index contributed by atoms with van der Waals surface area (Å²) in [6.45, 7) is 0. The molecule has 1 saturated heterocycles. The van der Waals surface area contributed by atoms with Crippen LogP contribution in [0.1, 0.15) is 20.3 Å². The van der Waals surface area contributed by atoms with Crippen molar-refractivity contribution in [3.05, 3.63) is 0 Å². The number of thioether (sulfide) groups is 2. The first-order valence-corrected chi connectivity index (χ1v) is 9.46. The molecule has 0 aromatic carbocycles. The maximum atomic E-state index is 10.9. The van der Waals surface area contributed by atoms with Gasteiger partial charge in [0.25, 0.3) is 5.91 Å². The van der Waals surface area contributed by atoms with Gasteiger partial charge in [-0.15, -0.1) is 0 Å². The van der Waals surface area contributed by atoms with Gasteiger partial charge in [-0.3, -0.25) is 10.1 Å². The number of aliphatic carboxylic acids is 1. The number of nitrogens with one attached hydrogen (secondary N) is 3. The Morgan fingerprint density at radius 1 is 1.28 bits per heavy atom. The Kier molecular flexibility index (Phi) is 20.8. The van der Waals surface area contributed by atoms with E-state index in [2.05, 4.69) is 16.0 Å². The van der Waals surface area contributed by atoms with E-state index < -0.39 is 18.0 Å². The van der Waals surface area contributed by atoms with Crippen LogP contribution >= 0.6 is 23.5 Å². The van der Waals surface area contributed by atoms with E-state index in [1.807, 2.05) is 12.5 Å². The Bertz CT molecular complexity index is 443. The number of imide groups is 1. The number of carbonyl (C=O) groups is 4. The summed E-state index contributed by atoms with van der Waals surface area (Å²) in [6, 6.07) is -2.50. The van der Waals surface area contributed by atoms with Crippen LogP contribution in [0.3, 0.4) is 0 Å². The van der Waals surface area contributed by atoms with Crippen LogP contribution in [0.25, 0.3) is 0 Å². The molecule has 2 atom stereocenters. The van der Waals surface area contributed by atoms with Crippen LogP contribution in [0, 0.1) is 0 Å². The Morgan fingerprint density at radius 3 is 2.20 bits per heavy atom. The molecule has 0 saturated carbocycles. The molecule has 1 aliphatic heterocycles. The number of rotatable bonds is 8. The Balaban J connectivity index is -0.000000359. The van der Waals surface area contributed by atoms with E-state index in [1.54, 1.807) is 11.8 Å². The van der Waals surface area contributed by atoms with E-state index in [4.69, 9.17) is 5.73 Å². The third-order valence-corrected chi connectivity index (χ3v) is 3.97. The second-order valence-corrected chi connectivity index (χ2v) is 6.43. The number of amides is 5. The third kappa shape index (κ3) is 14.8. The summed E-state index contributed by atoms with van der Waals surface area (Å²) in [4.78, 5) is 42.1. The summed E-state index contributed by atoms with van der Waals surface area (Å²) in [7, 11) is 0. The number of hydrogen-bond acceptors (Lipinski definition) is 7. The Labute approximate surface area is 199 Å². The van der Waals surface area contributed by atoms with E-state index in [0.29, 0.717) is 18.6 Å². The van der Waals surface area contributed by atoms with Crippen molar-refractivity contribution in [3.63, 3.8) is 0 Å². The van der Waals surface area contributed by atoms with Crippen molar-refractivity contribution in [2.24, 2.45) is 5.73 Å². The van der Waals surface area contributed by atoms with Crippen LogP contribution < -0.4 is 78.2 Å². The molecule has 140 valence electrons. The van der Waals surface area contributed by atoms with Crippen LogP contribution in [0.4, 0.5) is 9.59 Å². The normalized spacial score (nSPS) is 16.0. The first kappa shape index (κ1) is 29.8. The average molecular weight is 421 g/mol. The molecule has 9 nitrogen and oxygen atoms in total. The molecule has 1 rings (SSSR count). The summed E-state index contributed by atoms with van der Waals surface area (Å²) in [5, 5.41) is 17.1. The summed E-state index contributed by atoms with van der Waals surface area (Å²) in [6.07, 6.45) is 4.84. The molecule has 0 spiro atoms. The smallest absolute Gasteiger partial charge is 0.548 e. The number of primary amides is 1. The number of nitrogens with two attached hydrogens (primary N) is 1. The molecule has 0 aliphatic carbocycles. The van der Waals surface area contributed by atoms with Gasteiger partial charge in [-0.1, -0.05) is 7.43 Å². The summed E-state index contributed by atoms with van der Waals surface area (Å²) < 4.78 is 0. The van der Waals surface area contributed by atoms with Gasteiger partial charge in [-0.05, 0) is 36.9 Å². The summed E-state index contributed by atoms with van der Waals surface area (Å²) in [5.41, 5.74) is 4.75. The molecule has 0 aromatic rings. The molecule has 0 radical (unpaired) electrons. The minimum Gasteiger partial charge on any atom is -0.548 e. The van der Waals surface area contributed by atoms with Gasteiger partial charge < -0.3 is 26.3 Å². The van der Waals surface area contributed by atoms with Crippen LogP contribution in [-0.2, 0) is 9.59 Å². The molecule has 5 N–H and O–H groups in total. The fraction of sp³-hybridized carbons (Fsp3) is 0.692. The van der Waals surface area contributed by atoms with E-state index >= 15 is 0 Å². The van der Waals surface area contributed by atoms with Gasteiger partial charge in [0.2, 0.25) is 0 Å². The minimum absolute atomic E-state index is 0. The molecule has 1 heterocycles. The van der Waals surface area contributed by atoms with Crippen LogP contribution in [-0.4, -0.2) is 60.0 Å². The zero-order chi connectivity index (χ0) is 17.8. The van der Waals surface area contributed by atoms with Crippen molar-refractivity contribution >= 4 is 47.5 Å². The van der Waals surface area contributed by atoms with Crippen LogP contribution in [0.2, 0.25) is 0 Å². The Hall–Kier alpha value is 0.0164. The van der Waals surface area contributed by atoms with Gasteiger partial charge in [-0.25, -0.2) is 9.59 Å². The van der Waals surface area contributed by atoms with E-state index in [0.717, 1.165) is 5.75 Å². The van der Waals surface area contributed by atoms with Crippen molar-refractivity contribution < 1.29 is 75.7 Å². The Morgan fingerprint density at radius 2 is 1.84 bits per heavy atom. The molecule has 0 bridgehead atoms. The fourth-order valence-corrected chi connectivity index (χ4v) is 2.50. The maximum absolute atomic E-state index is 10.9. The maximum Gasteiger partial charge on any atom is 1.00 e. The van der Waals surface area contributed by atoms with Gasteiger partial charge in [0.15, 0.2) is 0 Å². The SMILES string of the molecule is C.CSCCC(NC(N)=O)C(=O)[O-].CSCCC1NC(=O)NC1=O.[K+]. The van der Waals surface area contributed by atoms with E-state index in [1.165, 1.54) is 11.8 Å². The number of urea groups is 2. The van der Waals surface area contributed by atoms with Gasteiger partial charge >= 0.3 is 63.4 Å². The zero-order valence-electron chi connectivity index (χ0n) is 13.9. The molecule has 12 heteroatoms. The van der Waals surface area contributed by atoms with Crippen molar-refractivity contribution in [2.75, 3.05) is 24.0 Å². The third-order valence-electron chi connectivity index (χ3n) is 2.68. The second kappa shape index (κ2) is 17.4. The summed E-state index contributed by atoms with van der Waals surface area (Å²) in [5.74, 6) is 0.0176. The van der Waals surface area contributed by atoms with Crippen LogP contribution in [0.15, 0.2) is 0 Å². The molecule has 25 heavy (non-hydrogen) atoms. The quantitative estimate of drug-likeness (QED) is 0.231.